The van der Waals surface area contributed by atoms with Crippen LogP contribution < -0.4 is 10.7 Å². The minimum atomic E-state index is -0.919. The second kappa shape index (κ2) is 6.76. The standard InChI is InChI=1S/C18H19F2N3O2/c1-10-7-16(24)12(9-21-10)18(25)22-15-5-6-23(2)17(15)11-3-4-13(19)14(20)8-11/h3-4,7-9,15,17H,5-6H2,1-2H3,(H,21,24)(H,22,25)/t15-,17-/m0/s1. The third-order valence-corrected chi connectivity index (χ3v) is 4.55. The van der Waals surface area contributed by atoms with Crippen LogP contribution in [0.5, 0.6) is 0 Å². The minimum Gasteiger partial charge on any atom is -0.364 e. The predicted molar refractivity (Wildman–Crippen MR) is 89.4 cm³/mol. The van der Waals surface area contributed by atoms with Gasteiger partial charge >= 0.3 is 0 Å². The van der Waals surface area contributed by atoms with E-state index in [0.717, 1.165) is 12.1 Å². The van der Waals surface area contributed by atoms with Crippen molar-refractivity contribution in [1.29, 1.82) is 0 Å². The Labute approximate surface area is 143 Å². The summed E-state index contributed by atoms with van der Waals surface area (Å²) in [6.07, 6.45) is 2.04. The lowest BCUT2D eigenvalue weighted by molar-refractivity contribution is 0.0926. The number of H-pyrrole nitrogens is 1. The van der Waals surface area contributed by atoms with Gasteiger partial charge in [-0.25, -0.2) is 8.78 Å². The van der Waals surface area contributed by atoms with E-state index in [9.17, 15) is 18.4 Å². The van der Waals surface area contributed by atoms with Crippen LogP contribution in [0.4, 0.5) is 8.78 Å². The molecule has 1 amide bonds. The average Bonchev–Trinajstić information content (AvgIpc) is 2.90. The fraction of sp³-hybridized carbons (Fsp3) is 0.333. The van der Waals surface area contributed by atoms with Gasteiger partial charge in [-0.15, -0.1) is 0 Å². The fourth-order valence-corrected chi connectivity index (χ4v) is 3.28. The van der Waals surface area contributed by atoms with Gasteiger partial charge in [-0.2, -0.15) is 0 Å². The third-order valence-electron chi connectivity index (χ3n) is 4.55. The number of benzene rings is 1. The summed E-state index contributed by atoms with van der Waals surface area (Å²) < 4.78 is 26.8. The molecular formula is C18H19F2N3O2. The zero-order valence-electron chi connectivity index (χ0n) is 14.0. The molecule has 2 atom stereocenters. The van der Waals surface area contributed by atoms with Crippen LogP contribution in [0.3, 0.4) is 0 Å². The first-order valence-corrected chi connectivity index (χ1v) is 8.02. The molecule has 0 saturated carbocycles. The second-order valence-electron chi connectivity index (χ2n) is 6.36. The number of likely N-dealkylation sites (tertiary alicyclic amines) is 1. The molecular weight excluding hydrogens is 328 g/mol. The molecule has 5 nitrogen and oxygen atoms in total. The molecule has 1 saturated heterocycles. The zero-order valence-corrected chi connectivity index (χ0v) is 14.0. The number of likely N-dealkylation sites (N-methyl/N-ethyl adjacent to an activating group) is 1. The largest absolute Gasteiger partial charge is 0.364 e. The number of carbonyl (C=O) groups is 1. The molecule has 1 fully saturated rings. The molecule has 3 rings (SSSR count). The van der Waals surface area contributed by atoms with E-state index in [-0.39, 0.29) is 23.1 Å². The monoisotopic (exact) mass is 347 g/mol. The summed E-state index contributed by atoms with van der Waals surface area (Å²) in [6, 6.07) is 4.53. The first-order chi connectivity index (χ1) is 11.9. The van der Waals surface area contributed by atoms with Gasteiger partial charge in [0.05, 0.1) is 12.1 Å². The molecule has 0 bridgehead atoms. The molecule has 25 heavy (non-hydrogen) atoms. The van der Waals surface area contributed by atoms with E-state index in [1.165, 1.54) is 18.3 Å². The number of carbonyl (C=O) groups excluding carboxylic acids is 1. The van der Waals surface area contributed by atoms with Crippen molar-refractivity contribution in [2.45, 2.75) is 25.4 Å². The Morgan fingerprint density at radius 3 is 2.72 bits per heavy atom. The van der Waals surface area contributed by atoms with E-state index < -0.39 is 17.5 Å². The van der Waals surface area contributed by atoms with Gasteiger partial charge in [0.1, 0.15) is 5.56 Å². The summed E-state index contributed by atoms with van der Waals surface area (Å²) in [6.45, 7) is 2.42. The van der Waals surface area contributed by atoms with Crippen molar-refractivity contribution in [3.8, 4) is 0 Å². The topological polar surface area (TPSA) is 65.2 Å². The molecule has 2 N–H and O–H groups in total. The highest BCUT2D eigenvalue weighted by molar-refractivity contribution is 5.94. The Morgan fingerprint density at radius 1 is 1.28 bits per heavy atom. The number of rotatable bonds is 3. The molecule has 1 aromatic carbocycles. The minimum absolute atomic E-state index is 0.0317. The van der Waals surface area contributed by atoms with Crippen LogP contribution in [0.15, 0.2) is 35.3 Å². The zero-order chi connectivity index (χ0) is 18.1. The van der Waals surface area contributed by atoms with Crippen LogP contribution in [0, 0.1) is 18.6 Å². The number of hydrogen-bond donors (Lipinski definition) is 2. The van der Waals surface area contributed by atoms with Crippen molar-refractivity contribution in [3.63, 3.8) is 0 Å². The summed E-state index contributed by atoms with van der Waals surface area (Å²) in [5.74, 6) is -2.30. The maximum atomic E-state index is 13.6. The van der Waals surface area contributed by atoms with Crippen molar-refractivity contribution in [1.82, 2.24) is 15.2 Å². The van der Waals surface area contributed by atoms with Crippen LogP contribution in [0.1, 0.15) is 34.1 Å². The van der Waals surface area contributed by atoms with Gasteiger partial charge < -0.3 is 10.3 Å². The number of nitrogens with zero attached hydrogens (tertiary/aromatic N) is 1. The highest BCUT2D eigenvalue weighted by atomic mass is 19.2. The third kappa shape index (κ3) is 3.46. The van der Waals surface area contributed by atoms with E-state index in [2.05, 4.69) is 10.3 Å². The molecule has 132 valence electrons. The fourth-order valence-electron chi connectivity index (χ4n) is 3.28. The number of hydrogen-bond acceptors (Lipinski definition) is 3. The molecule has 2 heterocycles. The van der Waals surface area contributed by atoms with Gasteiger partial charge in [-0.3, -0.25) is 14.5 Å². The second-order valence-corrected chi connectivity index (χ2v) is 6.36. The summed E-state index contributed by atoms with van der Waals surface area (Å²) in [5, 5.41) is 2.85. The highest BCUT2D eigenvalue weighted by Crippen LogP contribution is 2.31. The van der Waals surface area contributed by atoms with Crippen molar-refractivity contribution in [3.05, 3.63) is 69.1 Å². The number of aryl methyl sites for hydroxylation is 1. The van der Waals surface area contributed by atoms with Crippen LogP contribution in [-0.2, 0) is 0 Å². The molecule has 0 aliphatic carbocycles. The number of halogens is 2. The lowest BCUT2D eigenvalue weighted by atomic mass is 9.99. The Kier molecular flexibility index (Phi) is 4.67. The summed E-state index contributed by atoms with van der Waals surface area (Å²) >= 11 is 0. The van der Waals surface area contributed by atoms with E-state index >= 15 is 0 Å². The first-order valence-electron chi connectivity index (χ1n) is 8.02. The lowest BCUT2D eigenvalue weighted by Crippen LogP contribution is -2.40. The Bertz CT molecular complexity index is 866. The molecule has 1 aliphatic heterocycles. The van der Waals surface area contributed by atoms with Crippen molar-refractivity contribution in [2.24, 2.45) is 0 Å². The average molecular weight is 347 g/mol. The van der Waals surface area contributed by atoms with Gasteiger partial charge in [0, 0.05) is 24.5 Å². The van der Waals surface area contributed by atoms with E-state index in [1.807, 2.05) is 11.9 Å². The van der Waals surface area contributed by atoms with Gasteiger partial charge in [0.15, 0.2) is 17.1 Å². The SMILES string of the molecule is Cc1cc(=O)c(C(=O)N[C@H]2CCN(C)[C@H]2c2ccc(F)c(F)c2)c[nH]1. The summed E-state index contributed by atoms with van der Waals surface area (Å²) in [7, 11) is 1.86. The normalized spacial score (nSPS) is 20.6. The number of aromatic amines is 1. The van der Waals surface area contributed by atoms with Crippen LogP contribution in [-0.4, -0.2) is 35.4 Å². The Balaban J connectivity index is 1.84. The van der Waals surface area contributed by atoms with Crippen molar-refractivity contribution < 1.29 is 13.6 Å². The lowest BCUT2D eigenvalue weighted by Gasteiger charge is -2.26. The van der Waals surface area contributed by atoms with E-state index in [0.29, 0.717) is 24.2 Å². The summed E-state index contributed by atoms with van der Waals surface area (Å²) in [5.41, 5.74) is 0.928. The maximum absolute atomic E-state index is 13.6. The number of nitrogens with one attached hydrogen (secondary N) is 2. The highest BCUT2D eigenvalue weighted by Gasteiger charge is 2.34. The smallest absolute Gasteiger partial charge is 0.257 e. The maximum Gasteiger partial charge on any atom is 0.257 e. The van der Waals surface area contributed by atoms with Crippen molar-refractivity contribution >= 4 is 5.91 Å². The van der Waals surface area contributed by atoms with Crippen LogP contribution in [0.2, 0.25) is 0 Å². The number of pyridine rings is 1. The molecule has 7 heteroatoms. The van der Waals surface area contributed by atoms with E-state index in [1.54, 1.807) is 6.92 Å². The van der Waals surface area contributed by atoms with E-state index in [4.69, 9.17) is 0 Å². The van der Waals surface area contributed by atoms with Crippen LogP contribution in [0.25, 0.3) is 0 Å². The molecule has 0 radical (unpaired) electrons. The van der Waals surface area contributed by atoms with Crippen molar-refractivity contribution in [2.75, 3.05) is 13.6 Å². The Morgan fingerprint density at radius 2 is 2.04 bits per heavy atom. The Hall–Kier alpha value is -2.54. The molecule has 1 aromatic heterocycles. The quantitative estimate of drug-likeness (QED) is 0.894. The molecule has 0 spiro atoms. The summed E-state index contributed by atoms with van der Waals surface area (Å²) in [4.78, 5) is 29.2. The van der Waals surface area contributed by atoms with Crippen LogP contribution >= 0.6 is 0 Å². The van der Waals surface area contributed by atoms with Gasteiger partial charge in [-0.05, 0) is 38.1 Å². The van der Waals surface area contributed by atoms with Gasteiger partial charge in [0.25, 0.3) is 5.91 Å². The van der Waals surface area contributed by atoms with Gasteiger partial charge in [-0.1, -0.05) is 6.07 Å². The molecule has 0 unspecified atom stereocenters. The molecule has 1 aliphatic rings. The van der Waals surface area contributed by atoms with Gasteiger partial charge in [0.2, 0.25) is 0 Å². The number of amides is 1. The molecule has 2 aromatic rings. The predicted octanol–water partition coefficient (Wildman–Crippen LogP) is 2.14. The first kappa shape index (κ1) is 17.3. The number of aromatic nitrogens is 1.